The molecule has 2 heteroatoms. The molecule has 3 aliphatic rings. The third-order valence-electron chi connectivity index (χ3n) is 6.47. The fraction of sp³-hybridized carbons (Fsp3) is 0.611. The largest absolute Gasteiger partial charge is 0.272 e. The number of hydrogen-bond acceptors (Lipinski definition) is 1. The molecule has 0 saturated heterocycles. The molecule has 0 aromatic carbocycles. The van der Waals surface area contributed by atoms with Crippen LogP contribution in [-0.2, 0) is 4.79 Å². The highest BCUT2D eigenvalue weighted by atomic mass is 16.1. The predicted molar refractivity (Wildman–Crippen MR) is 80.7 cm³/mol. The molecule has 3 aliphatic carbocycles. The van der Waals surface area contributed by atoms with Crippen molar-refractivity contribution in [1.29, 1.82) is 0 Å². The van der Waals surface area contributed by atoms with Gasteiger partial charge < -0.3 is 0 Å². The lowest BCUT2D eigenvalue weighted by Crippen LogP contribution is -2.42. The summed E-state index contributed by atoms with van der Waals surface area (Å²) in [4.78, 5) is 12.4. The number of carbonyl (C=O) groups excluding carboxylic acids is 1. The van der Waals surface area contributed by atoms with Gasteiger partial charge in [0.25, 0.3) is 5.91 Å². The number of amides is 1. The first kappa shape index (κ1) is 13.7. The fourth-order valence-electron chi connectivity index (χ4n) is 5.12. The summed E-state index contributed by atoms with van der Waals surface area (Å²) in [5, 5.41) is 0. The van der Waals surface area contributed by atoms with Crippen LogP contribution in [0.1, 0.15) is 47.0 Å². The van der Waals surface area contributed by atoms with Crippen molar-refractivity contribution in [1.82, 2.24) is 5.73 Å². The Morgan fingerprint density at radius 1 is 1.25 bits per heavy atom. The fourth-order valence-corrected chi connectivity index (χ4v) is 5.12. The van der Waals surface area contributed by atoms with Gasteiger partial charge in [-0.05, 0) is 68.6 Å². The topological polar surface area (TPSA) is 40.9 Å². The van der Waals surface area contributed by atoms with Crippen molar-refractivity contribution < 1.29 is 4.79 Å². The van der Waals surface area contributed by atoms with E-state index >= 15 is 0 Å². The van der Waals surface area contributed by atoms with Crippen molar-refractivity contribution in [2.45, 2.75) is 47.0 Å². The monoisotopic (exact) mass is 270 g/mol. The molecule has 3 rings (SSSR count). The van der Waals surface area contributed by atoms with E-state index in [1.165, 1.54) is 22.3 Å². The molecule has 2 bridgehead atoms. The summed E-state index contributed by atoms with van der Waals surface area (Å²) in [6.07, 6.45) is 3.30. The molecule has 4 atom stereocenters. The van der Waals surface area contributed by atoms with Gasteiger partial charge in [0.1, 0.15) is 0 Å². The number of hydrogen-bond donors (Lipinski definition) is 0. The van der Waals surface area contributed by atoms with Gasteiger partial charge in [0.2, 0.25) is 0 Å². The first-order chi connectivity index (χ1) is 9.33. The van der Waals surface area contributed by atoms with Crippen molar-refractivity contribution in [3.63, 3.8) is 0 Å². The summed E-state index contributed by atoms with van der Waals surface area (Å²) in [7, 11) is 0. The van der Waals surface area contributed by atoms with Gasteiger partial charge in [0.05, 0.1) is 5.41 Å². The lowest BCUT2D eigenvalue weighted by atomic mass is 9.61. The minimum Gasteiger partial charge on any atom is -0.272 e. The molecular formula is C18H24NO. The van der Waals surface area contributed by atoms with Gasteiger partial charge in [0, 0.05) is 5.92 Å². The first-order valence-electron chi connectivity index (χ1n) is 7.67. The Morgan fingerprint density at radius 2 is 1.90 bits per heavy atom. The molecular weight excluding hydrogens is 246 g/mol. The van der Waals surface area contributed by atoms with Gasteiger partial charge >= 0.3 is 0 Å². The molecule has 0 aromatic rings. The smallest absolute Gasteiger partial charge is 0.253 e. The highest BCUT2D eigenvalue weighted by molar-refractivity contribution is 5.90. The van der Waals surface area contributed by atoms with Crippen molar-refractivity contribution >= 4 is 5.91 Å². The van der Waals surface area contributed by atoms with Crippen LogP contribution in [0.5, 0.6) is 0 Å². The van der Waals surface area contributed by atoms with Crippen LogP contribution in [0, 0.1) is 23.2 Å². The van der Waals surface area contributed by atoms with Crippen LogP contribution in [0.4, 0.5) is 0 Å². The average molecular weight is 270 g/mol. The maximum Gasteiger partial charge on any atom is 0.253 e. The maximum absolute atomic E-state index is 12.4. The second kappa shape index (κ2) is 4.09. The van der Waals surface area contributed by atoms with Gasteiger partial charge in [-0.3, -0.25) is 10.5 Å². The van der Waals surface area contributed by atoms with Gasteiger partial charge in [-0.1, -0.05) is 24.6 Å². The van der Waals surface area contributed by atoms with E-state index in [-0.39, 0.29) is 5.92 Å². The van der Waals surface area contributed by atoms with Crippen LogP contribution in [0.3, 0.4) is 0 Å². The van der Waals surface area contributed by atoms with E-state index in [0.717, 1.165) is 24.8 Å². The molecule has 0 aliphatic heterocycles. The van der Waals surface area contributed by atoms with Crippen molar-refractivity contribution in [2.24, 2.45) is 23.2 Å². The van der Waals surface area contributed by atoms with Crippen LogP contribution in [0.15, 0.2) is 34.4 Å². The summed E-state index contributed by atoms with van der Waals surface area (Å²) in [6, 6.07) is 0. The minimum atomic E-state index is -0.675. The Hall–Kier alpha value is -1.31. The summed E-state index contributed by atoms with van der Waals surface area (Å²) in [5.41, 5.74) is 13.5. The van der Waals surface area contributed by atoms with E-state index in [1.807, 2.05) is 0 Å². The highest BCUT2D eigenvalue weighted by Gasteiger charge is 2.61. The Balaban J connectivity index is 2.21. The Bertz CT molecular complexity index is 580. The van der Waals surface area contributed by atoms with E-state index in [1.54, 1.807) is 0 Å². The number of carbonyl (C=O) groups is 1. The normalized spacial score (nSPS) is 40.2. The Kier molecular flexibility index (Phi) is 2.80. The van der Waals surface area contributed by atoms with E-state index < -0.39 is 11.3 Å². The van der Waals surface area contributed by atoms with Crippen LogP contribution < -0.4 is 5.73 Å². The zero-order chi connectivity index (χ0) is 14.8. The van der Waals surface area contributed by atoms with Crippen LogP contribution in [-0.4, -0.2) is 5.91 Å². The number of allylic oxidation sites excluding steroid dienone is 3. The van der Waals surface area contributed by atoms with Gasteiger partial charge in [-0.15, -0.1) is 0 Å². The lowest BCUT2D eigenvalue weighted by Gasteiger charge is -2.40. The second-order valence-electron chi connectivity index (χ2n) is 6.94. The number of rotatable bonds is 2. The molecule has 2 nitrogen and oxygen atoms in total. The molecule has 0 aromatic heterocycles. The third kappa shape index (κ3) is 1.32. The van der Waals surface area contributed by atoms with Crippen LogP contribution in [0.25, 0.3) is 0 Å². The van der Waals surface area contributed by atoms with E-state index in [4.69, 9.17) is 5.73 Å². The molecule has 20 heavy (non-hydrogen) atoms. The minimum absolute atomic E-state index is 0.278. The number of fused-ring (bicyclic) bond motifs is 2. The lowest BCUT2D eigenvalue weighted by molar-refractivity contribution is -0.126. The van der Waals surface area contributed by atoms with Crippen molar-refractivity contribution in [3.05, 3.63) is 34.4 Å². The third-order valence-corrected chi connectivity index (χ3v) is 6.47. The first-order valence-corrected chi connectivity index (χ1v) is 7.67. The standard InChI is InChI=1S/C18H24NO/c1-9-10(2)12(4)16(11(9)3)18(17(19)20)13(5)14-6-7-15(18)8-14/h11,14-15,19H,5-8H2,1-4H3. The Morgan fingerprint density at radius 3 is 2.30 bits per heavy atom. The molecule has 1 amide bonds. The maximum atomic E-state index is 12.4. The van der Waals surface area contributed by atoms with Gasteiger partial charge in [-0.25, -0.2) is 0 Å². The average Bonchev–Trinajstić information content (AvgIpc) is 3.02. The van der Waals surface area contributed by atoms with Gasteiger partial charge in [0.15, 0.2) is 0 Å². The summed E-state index contributed by atoms with van der Waals surface area (Å²) >= 11 is 0. The van der Waals surface area contributed by atoms with Crippen molar-refractivity contribution in [2.75, 3.05) is 0 Å². The molecule has 107 valence electrons. The van der Waals surface area contributed by atoms with E-state index in [0.29, 0.717) is 11.8 Å². The molecule has 2 saturated carbocycles. The van der Waals surface area contributed by atoms with Crippen molar-refractivity contribution in [3.8, 4) is 0 Å². The number of nitrogens with one attached hydrogen (secondary N) is 1. The summed E-state index contributed by atoms with van der Waals surface area (Å²) < 4.78 is 0. The van der Waals surface area contributed by atoms with E-state index in [9.17, 15) is 4.79 Å². The predicted octanol–water partition coefficient (Wildman–Crippen LogP) is 4.07. The second-order valence-corrected chi connectivity index (χ2v) is 6.94. The van der Waals surface area contributed by atoms with Crippen LogP contribution in [0.2, 0.25) is 0 Å². The highest BCUT2D eigenvalue weighted by Crippen LogP contribution is 2.65. The summed E-state index contributed by atoms with van der Waals surface area (Å²) in [5.74, 6) is 0.637. The molecule has 4 unspecified atom stereocenters. The zero-order valence-corrected chi connectivity index (χ0v) is 13.0. The SMILES string of the molecule is C=C1C2CCC(C2)C1(C([NH])=O)C1=C(C)C(C)=C(C)C1C. The molecule has 1 N–H and O–H groups in total. The molecule has 0 spiro atoms. The molecule has 2 fully saturated rings. The van der Waals surface area contributed by atoms with Crippen LogP contribution >= 0.6 is 0 Å². The molecule has 0 heterocycles. The quantitative estimate of drug-likeness (QED) is 0.697. The molecule has 1 radical (unpaired) electrons. The van der Waals surface area contributed by atoms with Gasteiger partial charge in [-0.2, -0.15) is 0 Å². The Labute approximate surface area is 121 Å². The summed E-state index contributed by atoms with van der Waals surface area (Å²) in [6.45, 7) is 12.9. The van der Waals surface area contributed by atoms with E-state index in [2.05, 4.69) is 34.3 Å². The zero-order valence-electron chi connectivity index (χ0n) is 13.0.